The fourth-order valence-corrected chi connectivity index (χ4v) is 4.17. The van der Waals surface area contributed by atoms with E-state index in [2.05, 4.69) is 48.5 Å². The third-order valence-corrected chi connectivity index (χ3v) is 5.53. The third-order valence-electron chi connectivity index (χ3n) is 5.53. The molecule has 0 radical (unpaired) electrons. The maximum absolute atomic E-state index is 12.2. The van der Waals surface area contributed by atoms with Gasteiger partial charge < -0.3 is 11.1 Å². The van der Waals surface area contributed by atoms with E-state index in [0.717, 1.165) is 27.9 Å². The summed E-state index contributed by atoms with van der Waals surface area (Å²) in [6.07, 6.45) is 3.50. The summed E-state index contributed by atoms with van der Waals surface area (Å²) in [6.45, 7) is 4.23. The van der Waals surface area contributed by atoms with Gasteiger partial charge in [0.25, 0.3) is 5.91 Å². The number of carbonyl (C=O) groups excluding carboxylic acids is 1. The highest BCUT2D eigenvalue weighted by molar-refractivity contribution is 6.06. The minimum Gasteiger partial charge on any atom is -0.374 e. The Balaban J connectivity index is 1.91. The number of rotatable bonds is 2. The Labute approximate surface area is 162 Å². The molecule has 2 aromatic heterocycles. The second kappa shape index (κ2) is 5.96. The van der Waals surface area contributed by atoms with Gasteiger partial charge in [-0.25, -0.2) is 4.52 Å². The molecule has 1 aliphatic rings. The van der Waals surface area contributed by atoms with Crippen LogP contribution in [0.4, 0.5) is 5.69 Å². The third kappa shape index (κ3) is 2.33. The molecule has 0 aliphatic carbocycles. The molecule has 5 nitrogen and oxygen atoms in total. The number of nitrogens with zero attached hydrogens (tertiary/aromatic N) is 2. The minimum atomic E-state index is -0.475. The zero-order valence-electron chi connectivity index (χ0n) is 15.7. The molecule has 3 N–H and O–H groups in total. The highest BCUT2D eigenvalue weighted by Crippen LogP contribution is 2.44. The molecule has 4 aromatic rings. The second-order valence-electron chi connectivity index (χ2n) is 7.34. The van der Waals surface area contributed by atoms with E-state index in [1.165, 1.54) is 16.7 Å². The van der Waals surface area contributed by atoms with Crippen LogP contribution in [0.2, 0.25) is 0 Å². The SMILES string of the molecule is Cc1ccc(C)c(C2Nc3ccccc3-c3c(C(N)=O)cnn4ccc2c34)c1. The molecule has 1 atom stereocenters. The van der Waals surface area contributed by atoms with Gasteiger partial charge in [0.2, 0.25) is 0 Å². The van der Waals surface area contributed by atoms with Crippen molar-refractivity contribution in [3.05, 3.63) is 88.7 Å². The van der Waals surface area contributed by atoms with E-state index < -0.39 is 5.91 Å². The van der Waals surface area contributed by atoms with Crippen molar-refractivity contribution in [3.63, 3.8) is 0 Å². The van der Waals surface area contributed by atoms with Crippen LogP contribution >= 0.6 is 0 Å². The van der Waals surface area contributed by atoms with Gasteiger partial charge in [0.1, 0.15) is 0 Å². The lowest BCUT2D eigenvalue weighted by molar-refractivity contribution is 0.100. The Morgan fingerprint density at radius 3 is 2.75 bits per heavy atom. The predicted octanol–water partition coefficient (Wildman–Crippen LogP) is 4.23. The van der Waals surface area contributed by atoms with E-state index in [0.29, 0.717) is 5.56 Å². The molecule has 1 amide bonds. The molecule has 28 heavy (non-hydrogen) atoms. The Bertz CT molecular complexity index is 1250. The molecule has 0 fully saturated rings. The Kier molecular flexibility index (Phi) is 3.52. The van der Waals surface area contributed by atoms with Crippen molar-refractivity contribution in [2.24, 2.45) is 5.73 Å². The summed E-state index contributed by atoms with van der Waals surface area (Å²) in [6, 6.07) is 16.5. The van der Waals surface area contributed by atoms with Crippen LogP contribution in [-0.4, -0.2) is 15.5 Å². The van der Waals surface area contributed by atoms with E-state index in [9.17, 15) is 4.79 Å². The van der Waals surface area contributed by atoms with Crippen LogP contribution in [0, 0.1) is 13.8 Å². The number of aryl methyl sites for hydroxylation is 2. The zero-order valence-corrected chi connectivity index (χ0v) is 15.7. The summed E-state index contributed by atoms with van der Waals surface area (Å²) in [5.74, 6) is -0.475. The highest BCUT2D eigenvalue weighted by atomic mass is 16.1. The van der Waals surface area contributed by atoms with Crippen molar-refractivity contribution in [3.8, 4) is 11.1 Å². The molecule has 138 valence electrons. The number of benzene rings is 2. The first-order chi connectivity index (χ1) is 13.5. The van der Waals surface area contributed by atoms with Gasteiger partial charge >= 0.3 is 0 Å². The van der Waals surface area contributed by atoms with Crippen LogP contribution in [-0.2, 0) is 0 Å². The average molecular weight is 368 g/mol. The van der Waals surface area contributed by atoms with Gasteiger partial charge in [0.15, 0.2) is 0 Å². The van der Waals surface area contributed by atoms with Gasteiger partial charge in [0.05, 0.1) is 23.3 Å². The summed E-state index contributed by atoms with van der Waals surface area (Å²) in [4.78, 5) is 12.2. The first kappa shape index (κ1) is 16.6. The van der Waals surface area contributed by atoms with Gasteiger partial charge in [-0.1, -0.05) is 42.0 Å². The van der Waals surface area contributed by atoms with Crippen LogP contribution < -0.4 is 11.1 Å². The predicted molar refractivity (Wildman–Crippen MR) is 111 cm³/mol. The van der Waals surface area contributed by atoms with Crippen LogP contribution in [0.25, 0.3) is 16.6 Å². The van der Waals surface area contributed by atoms with Crippen molar-refractivity contribution < 1.29 is 4.79 Å². The molecular formula is C23H20N4O. The monoisotopic (exact) mass is 368 g/mol. The number of primary amides is 1. The van der Waals surface area contributed by atoms with Gasteiger partial charge in [0, 0.05) is 28.6 Å². The number of carbonyl (C=O) groups is 1. The molecule has 5 rings (SSSR count). The lowest BCUT2D eigenvalue weighted by Crippen LogP contribution is -2.14. The number of aromatic nitrogens is 2. The van der Waals surface area contributed by atoms with Gasteiger partial charge in [-0.15, -0.1) is 0 Å². The molecule has 5 heteroatoms. The van der Waals surface area contributed by atoms with Crippen molar-refractivity contribution >= 4 is 17.1 Å². The molecule has 3 heterocycles. The number of hydrogen-bond donors (Lipinski definition) is 2. The lowest BCUT2D eigenvalue weighted by atomic mass is 9.93. The fraction of sp³-hybridized carbons (Fsp3) is 0.130. The molecule has 0 bridgehead atoms. The second-order valence-corrected chi connectivity index (χ2v) is 7.34. The minimum absolute atomic E-state index is 0.0581. The van der Waals surface area contributed by atoms with E-state index in [-0.39, 0.29) is 6.04 Å². The maximum Gasteiger partial charge on any atom is 0.251 e. The zero-order chi connectivity index (χ0) is 19.4. The average Bonchev–Trinajstić information content (AvgIpc) is 3.05. The van der Waals surface area contributed by atoms with Crippen molar-refractivity contribution in [2.75, 3.05) is 5.32 Å². The van der Waals surface area contributed by atoms with E-state index in [1.807, 2.05) is 35.0 Å². The standard InChI is InChI=1S/C23H20N4O/c1-13-7-8-14(2)17(11-13)21-16-9-10-27-22(16)20(18(12-25-27)23(24)28)15-5-3-4-6-19(15)26-21/h3-12,21,26H,1-2H3,(H2,24,28). The summed E-state index contributed by atoms with van der Waals surface area (Å²) in [5, 5.41) is 8.15. The number of hydrogen-bond acceptors (Lipinski definition) is 3. The van der Waals surface area contributed by atoms with Crippen molar-refractivity contribution in [2.45, 2.75) is 19.9 Å². The quantitative estimate of drug-likeness (QED) is 0.556. The summed E-state index contributed by atoms with van der Waals surface area (Å²) in [5.41, 5.74) is 14.5. The first-order valence-electron chi connectivity index (χ1n) is 9.27. The normalized spacial score (nSPS) is 15.0. The number of nitrogens with one attached hydrogen (secondary N) is 1. The molecule has 0 saturated heterocycles. The van der Waals surface area contributed by atoms with Gasteiger partial charge in [-0.05, 0) is 37.1 Å². The van der Waals surface area contributed by atoms with Crippen molar-refractivity contribution in [1.29, 1.82) is 0 Å². The molecule has 0 saturated carbocycles. The lowest BCUT2D eigenvalue weighted by Gasteiger charge is -2.22. The van der Waals surface area contributed by atoms with Crippen LogP contribution in [0.3, 0.4) is 0 Å². The summed E-state index contributed by atoms with van der Waals surface area (Å²) >= 11 is 0. The first-order valence-corrected chi connectivity index (χ1v) is 9.27. The molecule has 0 spiro atoms. The smallest absolute Gasteiger partial charge is 0.251 e. The summed E-state index contributed by atoms with van der Waals surface area (Å²) in [7, 11) is 0. The maximum atomic E-state index is 12.2. The number of nitrogens with two attached hydrogens (primary N) is 1. The van der Waals surface area contributed by atoms with E-state index in [1.54, 1.807) is 6.20 Å². The van der Waals surface area contributed by atoms with Gasteiger partial charge in [-0.2, -0.15) is 5.10 Å². The number of anilines is 1. The highest BCUT2D eigenvalue weighted by Gasteiger charge is 2.29. The fourth-order valence-electron chi connectivity index (χ4n) is 4.17. The van der Waals surface area contributed by atoms with Crippen LogP contribution in [0.1, 0.15) is 38.7 Å². The van der Waals surface area contributed by atoms with E-state index >= 15 is 0 Å². The number of fused-ring (bicyclic) bond motifs is 2. The van der Waals surface area contributed by atoms with E-state index in [4.69, 9.17) is 5.73 Å². The van der Waals surface area contributed by atoms with Crippen molar-refractivity contribution in [1.82, 2.24) is 9.61 Å². The van der Waals surface area contributed by atoms with Crippen LogP contribution in [0.5, 0.6) is 0 Å². The number of para-hydroxylation sites is 1. The molecule has 1 aliphatic heterocycles. The van der Waals surface area contributed by atoms with Gasteiger partial charge in [-0.3, -0.25) is 4.79 Å². The Hall–Kier alpha value is -3.60. The Morgan fingerprint density at radius 1 is 1.11 bits per heavy atom. The molecular weight excluding hydrogens is 348 g/mol. The topological polar surface area (TPSA) is 72.4 Å². The number of amides is 1. The summed E-state index contributed by atoms with van der Waals surface area (Å²) < 4.78 is 1.83. The largest absolute Gasteiger partial charge is 0.374 e. The molecule has 1 unspecified atom stereocenters. The molecule has 2 aromatic carbocycles. The Morgan fingerprint density at radius 2 is 1.93 bits per heavy atom. The van der Waals surface area contributed by atoms with Crippen LogP contribution in [0.15, 0.2) is 60.9 Å².